The van der Waals surface area contributed by atoms with Crippen molar-refractivity contribution in [2.75, 3.05) is 0 Å². The Hall–Kier alpha value is -0.590. The van der Waals surface area contributed by atoms with E-state index in [0.717, 1.165) is 31.3 Å². The summed E-state index contributed by atoms with van der Waals surface area (Å²) >= 11 is 0. The van der Waals surface area contributed by atoms with Gasteiger partial charge in [-0.1, -0.05) is 38.7 Å². The van der Waals surface area contributed by atoms with Crippen molar-refractivity contribution >= 4 is 5.78 Å². The normalized spacial score (nSPS) is 19.5. The Labute approximate surface area is 87.6 Å². The molecule has 0 atom stereocenters. The molecule has 0 aromatic heterocycles. The molecule has 14 heavy (non-hydrogen) atoms. The van der Waals surface area contributed by atoms with E-state index in [-0.39, 0.29) is 0 Å². The molecule has 0 radical (unpaired) electrons. The highest BCUT2D eigenvalue weighted by Crippen LogP contribution is 2.21. The third kappa shape index (κ3) is 4.08. The smallest absolute Gasteiger partial charge is 0.158 e. The summed E-state index contributed by atoms with van der Waals surface area (Å²) in [5.74, 6) is 0.401. The molecule has 0 N–H and O–H groups in total. The van der Waals surface area contributed by atoms with Gasteiger partial charge in [0.25, 0.3) is 0 Å². The molecule has 0 spiro atoms. The molecule has 0 amide bonds. The maximum absolute atomic E-state index is 11.3. The number of carbonyl (C=O) groups excluding carboxylic acids is 1. The minimum Gasteiger partial charge on any atom is -0.295 e. The van der Waals surface area contributed by atoms with Gasteiger partial charge in [0.1, 0.15) is 0 Å². The third-order valence-corrected chi connectivity index (χ3v) is 2.91. The van der Waals surface area contributed by atoms with Gasteiger partial charge in [-0.3, -0.25) is 4.79 Å². The summed E-state index contributed by atoms with van der Waals surface area (Å²) in [6, 6.07) is 0. The highest BCUT2D eigenvalue weighted by molar-refractivity contribution is 5.97. The van der Waals surface area contributed by atoms with E-state index in [2.05, 4.69) is 13.0 Å². The quantitative estimate of drug-likeness (QED) is 0.461. The van der Waals surface area contributed by atoms with Gasteiger partial charge < -0.3 is 0 Å². The first-order valence-electron chi connectivity index (χ1n) is 6.07. The summed E-state index contributed by atoms with van der Waals surface area (Å²) < 4.78 is 0. The van der Waals surface area contributed by atoms with Crippen molar-refractivity contribution in [2.45, 2.75) is 64.7 Å². The molecule has 1 heteroatoms. The van der Waals surface area contributed by atoms with E-state index in [4.69, 9.17) is 0 Å². The number of carbonyl (C=O) groups is 1. The number of hydrogen-bond donors (Lipinski definition) is 0. The number of allylic oxidation sites excluding steroid dienone is 2. The van der Waals surface area contributed by atoms with Crippen LogP contribution in [0.3, 0.4) is 0 Å². The lowest BCUT2D eigenvalue weighted by atomic mass is 10.1. The highest BCUT2D eigenvalue weighted by Gasteiger charge is 2.15. The van der Waals surface area contributed by atoms with Gasteiger partial charge in [-0.05, 0) is 31.3 Å². The number of rotatable bonds is 6. The molecule has 0 heterocycles. The van der Waals surface area contributed by atoms with Crippen LogP contribution >= 0.6 is 0 Å². The van der Waals surface area contributed by atoms with E-state index in [9.17, 15) is 4.79 Å². The first-order chi connectivity index (χ1) is 6.84. The Balaban J connectivity index is 2.05. The molecular formula is C13H22O. The number of ketones is 1. The molecule has 80 valence electrons. The Kier molecular flexibility index (Phi) is 5.58. The molecule has 0 aromatic carbocycles. The predicted molar refractivity (Wildman–Crippen MR) is 60.3 cm³/mol. The predicted octanol–water partition coefficient (Wildman–Crippen LogP) is 4.03. The van der Waals surface area contributed by atoms with Gasteiger partial charge in [0.2, 0.25) is 0 Å². The van der Waals surface area contributed by atoms with E-state index in [1.807, 2.05) is 0 Å². The van der Waals surface area contributed by atoms with Crippen LogP contribution in [0.15, 0.2) is 11.6 Å². The van der Waals surface area contributed by atoms with Gasteiger partial charge in [0.05, 0.1) is 0 Å². The zero-order chi connectivity index (χ0) is 10.2. The lowest BCUT2D eigenvalue weighted by Crippen LogP contribution is -1.90. The topological polar surface area (TPSA) is 17.1 Å². The van der Waals surface area contributed by atoms with Crippen LogP contribution < -0.4 is 0 Å². The Morgan fingerprint density at radius 1 is 1.14 bits per heavy atom. The maximum atomic E-state index is 11.3. The van der Waals surface area contributed by atoms with Crippen molar-refractivity contribution in [1.82, 2.24) is 0 Å². The summed E-state index contributed by atoms with van der Waals surface area (Å²) in [7, 11) is 0. The fourth-order valence-corrected chi connectivity index (χ4v) is 1.98. The summed E-state index contributed by atoms with van der Waals surface area (Å²) in [6.45, 7) is 2.24. The zero-order valence-corrected chi connectivity index (χ0v) is 9.35. The number of hydrogen-bond acceptors (Lipinski definition) is 1. The molecule has 1 nitrogen and oxygen atoms in total. The van der Waals surface area contributed by atoms with Crippen molar-refractivity contribution in [1.29, 1.82) is 0 Å². The average Bonchev–Trinajstić information content (AvgIpc) is 2.58. The van der Waals surface area contributed by atoms with Gasteiger partial charge >= 0.3 is 0 Å². The second-order valence-electron chi connectivity index (χ2n) is 4.21. The largest absolute Gasteiger partial charge is 0.295 e. The highest BCUT2D eigenvalue weighted by atomic mass is 16.1. The Morgan fingerprint density at radius 3 is 2.57 bits per heavy atom. The van der Waals surface area contributed by atoms with E-state index in [0.29, 0.717) is 5.78 Å². The summed E-state index contributed by atoms with van der Waals surface area (Å²) in [5.41, 5.74) is 1.11. The van der Waals surface area contributed by atoms with E-state index < -0.39 is 0 Å². The molecule has 1 aliphatic carbocycles. The van der Waals surface area contributed by atoms with Crippen LogP contribution in [0.2, 0.25) is 0 Å². The molecule has 0 bridgehead atoms. The summed E-state index contributed by atoms with van der Waals surface area (Å²) in [5, 5.41) is 0. The van der Waals surface area contributed by atoms with Crippen LogP contribution in [-0.4, -0.2) is 5.78 Å². The van der Waals surface area contributed by atoms with Gasteiger partial charge in [0, 0.05) is 6.42 Å². The molecular weight excluding hydrogens is 172 g/mol. The van der Waals surface area contributed by atoms with Gasteiger partial charge in [0.15, 0.2) is 5.78 Å². The lowest BCUT2D eigenvalue weighted by Gasteiger charge is -1.97. The molecule has 0 aromatic rings. The first-order valence-corrected chi connectivity index (χ1v) is 6.07. The van der Waals surface area contributed by atoms with Crippen LogP contribution in [0.25, 0.3) is 0 Å². The minimum absolute atomic E-state index is 0.401. The maximum Gasteiger partial charge on any atom is 0.158 e. The van der Waals surface area contributed by atoms with E-state index in [1.165, 1.54) is 32.1 Å². The van der Waals surface area contributed by atoms with Crippen LogP contribution in [0, 0.1) is 0 Å². The first kappa shape index (κ1) is 11.5. The van der Waals surface area contributed by atoms with Crippen LogP contribution in [0.5, 0.6) is 0 Å². The molecule has 0 aliphatic heterocycles. The molecule has 1 aliphatic rings. The minimum atomic E-state index is 0.401. The van der Waals surface area contributed by atoms with Crippen molar-refractivity contribution in [3.8, 4) is 0 Å². The van der Waals surface area contributed by atoms with Crippen molar-refractivity contribution in [2.24, 2.45) is 0 Å². The molecule has 0 saturated heterocycles. The Morgan fingerprint density at radius 2 is 1.93 bits per heavy atom. The van der Waals surface area contributed by atoms with Gasteiger partial charge in [-0.25, -0.2) is 0 Å². The monoisotopic (exact) mass is 194 g/mol. The SMILES string of the molecule is CCCCCCC/C=C1/CCCC1=O. The fourth-order valence-electron chi connectivity index (χ4n) is 1.98. The zero-order valence-electron chi connectivity index (χ0n) is 9.35. The number of unbranched alkanes of at least 4 members (excludes halogenated alkanes) is 5. The average molecular weight is 194 g/mol. The molecule has 1 fully saturated rings. The van der Waals surface area contributed by atoms with Crippen molar-refractivity contribution < 1.29 is 4.79 Å². The number of Topliss-reactive ketones (excluding diaryl/α,β-unsaturated/α-hetero) is 1. The molecule has 1 saturated carbocycles. The van der Waals surface area contributed by atoms with Crippen LogP contribution in [0.4, 0.5) is 0 Å². The molecule has 0 unspecified atom stereocenters. The molecule has 1 rings (SSSR count). The standard InChI is InChI=1S/C13H22O/c1-2-3-4-5-6-7-9-12-10-8-11-13(12)14/h9H,2-8,10-11H2,1H3/b12-9-. The van der Waals surface area contributed by atoms with Gasteiger partial charge in [-0.15, -0.1) is 0 Å². The fraction of sp³-hybridized carbons (Fsp3) is 0.769. The Bertz CT molecular complexity index is 203. The van der Waals surface area contributed by atoms with E-state index in [1.54, 1.807) is 0 Å². The van der Waals surface area contributed by atoms with Crippen molar-refractivity contribution in [3.05, 3.63) is 11.6 Å². The lowest BCUT2D eigenvalue weighted by molar-refractivity contribution is -0.114. The van der Waals surface area contributed by atoms with Crippen LogP contribution in [-0.2, 0) is 4.79 Å². The van der Waals surface area contributed by atoms with E-state index >= 15 is 0 Å². The second-order valence-corrected chi connectivity index (χ2v) is 4.21. The van der Waals surface area contributed by atoms with Crippen molar-refractivity contribution in [3.63, 3.8) is 0 Å². The second kappa shape index (κ2) is 6.80. The van der Waals surface area contributed by atoms with Crippen LogP contribution in [0.1, 0.15) is 64.7 Å². The third-order valence-electron chi connectivity index (χ3n) is 2.91. The summed E-state index contributed by atoms with van der Waals surface area (Å²) in [4.78, 5) is 11.3. The van der Waals surface area contributed by atoms with Gasteiger partial charge in [-0.2, -0.15) is 0 Å². The summed E-state index contributed by atoms with van der Waals surface area (Å²) in [6.07, 6.45) is 12.8.